The fourth-order valence-corrected chi connectivity index (χ4v) is 4.98. The minimum atomic E-state index is -0.682. The standard InChI is InChI=1S/C26H20Br2FN3O4/c1-15-4-2-7-19(8-15)30-23(33)13-32-25(34)22(31-26(32)35)12-17-10-20(27)24(21(28)11-17)36-14-16-5-3-6-18(29)9-16/h2-12H,13-14H2,1H3,(H,30,33)(H,31,35)/b22-12+. The Balaban J connectivity index is 1.44. The second kappa shape index (κ2) is 11.0. The topological polar surface area (TPSA) is 87.7 Å². The van der Waals surface area contributed by atoms with Gasteiger partial charge in [-0.05, 0) is 97.9 Å². The van der Waals surface area contributed by atoms with Gasteiger partial charge < -0.3 is 15.4 Å². The van der Waals surface area contributed by atoms with E-state index in [0.29, 0.717) is 31.5 Å². The monoisotopic (exact) mass is 615 g/mol. The summed E-state index contributed by atoms with van der Waals surface area (Å²) < 4.78 is 20.4. The van der Waals surface area contributed by atoms with Crippen LogP contribution < -0.4 is 15.4 Å². The molecule has 7 nitrogen and oxygen atoms in total. The van der Waals surface area contributed by atoms with Gasteiger partial charge >= 0.3 is 6.03 Å². The summed E-state index contributed by atoms with van der Waals surface area (Å²) in [6, 6.07) is 16.1. The average Bonchev–Trinajstić information content (AvgIpc) is 3.06. The minimum Gasteiger partial charge on any atom is -0.487 e. The van der Waals surface area contributed by atoms with Crippen molar-refractivity contribution in [2.75, 3.05) is 11.9 Å². The number of rotatable bonds is 7. The molecule has 0 aliphatic carbocycles. The van der Waals surface area contributed by atoms with E-state index in [9.17, 15) is 18.8 Å². The van der Waals surface area contributed by atoms with Crippen LogP contribution in [-0.4, -0.2) is 29.3 Å². The quantitative estimate of drug-likeness (QED) is 0.261. The molecule has 0 unspecified atom stereocenters. The zero-order chi connectivity index (χ0) is 25.8. The number of ether oxygens (including phenoxy) is 1. The van der Waals surface area contributed by atoms with Crippen LogP contribution in [0.4, 0.5) is 14.9 Å². The molecule has 4 rings (SSSR count). The molecule has 1 aliphatic rings. The van der Waals surface area contributed by atoms with Crippen LogP contribution in [0.5, 0.6) is 5.75 Å². The van der Waals surface area contributed by atoms with E-state index in [-0.39, 0.29) is 18.1 Å². The number of anilines is 1. The number of urea groups is 1. The molecular weight excluding hydrogens is 597 g/mol. The fraction of sp³-hybridized carbons (Fsp3) is 0.115. The predicted octanol–water partition coefficient (Wildman–Crippen LogP) is 5.77. The number of carbonyl (C=O) groups excluding carboxylic acids is 3. The molecule has 3 aromatic carbocycles. The number of benzene rings is 3. The van der Waals surface area contributed by atoms with Crippen molar-refractivity contribution in [3.8, 4) is 5.75 Å². The largest absolute Gasteiger partial charge is 0.487 e. The number of carbonyl (C=O) groups is 3. The smallest absolute Gasteiger partial charge is 0.329 e. The van der Waals surface area contributed by atoms with Gasteiger partial charge in [0.25, 0.3) is 5.91 Å². The third-order valence-electron chi connectivity index (χ3n) is 5.17. The number of nitrogens with one attached hydrogen (secondary N) is 2. The first kappa shape index (κ1) is 25.6. The van der Waals surface area contributed by atoms with E-state index >= 15 is 0 Å². The van der Waals surface area contributed by atoms with E-state index in [2.05, 4.69) is 42.5 Å². The third kappa shape index (κ3) is 6.19. The van der Waals surface area contributed by atoms with Crippen LogP contribution in [0.1, 0.15) is 16.7 Å². The van der Waals surface area contributed by atoms with Gasteiger partial charge in [-0.15, -0.1) is 0 Å². The SMILES string of the molecule is Cc1cccc(NC(=O)CN2C(=O)N/C(=C/c3cc(Br)c(OCc4cccc(F)c4)c(Br)c3)C2=O)c1. The van der Waals surface area contributed by atoms with Gasteiger partial charge in [-0.2, -0.15) is 0 Å². The predicted molar refractivity (Wildman–Crippen MR) is 141 cm³/mol. The zero-order valence-electron chi connectivity index (χ0n) is 19.0. The second-order valence-electron chi connectivity index (χ2n) is 8.03. The van der Waals surface area contributed by atoms with Gasteiger partial charge in [0.2, 0.25) is 5.91 Å². The van der Waals surface area contributed by atoms with E-state index in [1.165, 1.54) is 18.2 Å². The van der Waals surface area contributed by atoms with Crippen LogP contribution in [0.15, 0.2) is 75.3 Å². The van der Waals surface area contributed by atoms with Gasteiger partial charge in [0.05, 0.1) is 8.95 Å². The fourth-order valence-electron chi connectivity index (χ4n) is 3.53. The molecule has 0 bridgehead atoms. The molecule has 0 radical (unpaired) electrons. The van der Waals surface area contributed by atoms with Gasteiger partial charge in [-0.3, -0.25) is 9.59 Å². The molecule has 0 saturated carbocycles. The average molecular weight is 617 g/mol. The summed E-state index contributed by atoms with van der Waals surface area (Å²) in [4.78, 5) is 38.4. The Morgan fingerprint density at radius 1 is 1.08 bits per heavy atom. The number of hydrogen-bond donors (Lipinski definition) is 2. The van der Waals surface area contributed by atoms with Crippen LogP contribution in [0.25, 0.3) is 6.08 Å². The molecule has 10 heteroatoms. The van der Waals surface area contributed by atoms with E-state index in [4.69, 9.17) is 4.74 Å². The van der Waals surface area contributed by atoms with Crippen molar-refractivity contribution < 1.29 is 23.5 Å². The first-order valence-electron chi connectivity index (χ1n) is 10.8. The molecule has 1 saturated heterocycles. The van der Waals surface area contributed by atoms with Crippen LogP contribution in [0, 0.1) is 12.7 Å². The maximum Gasteiger partial charge on any atom is 0.329 e. The number of halogens is 3. The maximum absolute atomic E-state index is 13.4. The Morgan fingerprint density at radius 2 is 1.81 bits per heavy atom. The van der Waals surface area contributed by atoms with Crippen LogP contribution in [0.3, 0.4) is 0 Å². The second-order valence-corrected chi connectivity index (χ2v) is 9.74. The molecule has 0 atom stereocenters. The number of imide groups is 1. The molecule has 1 heterocycles. The third-order valence-corrected chi connectivity index (χ3v) is 6.35. The molecule has 2 N–H and O–H groups in total. The first-order chi connectivity index (χ1) is 17.2. The van der Waals surface area contributed by atoms with Crippen molar-refractivity contribution in [3.63, 3.8) is 0 Å². The van der Waals surface area contributed by atoms with Gasteiger partial charge in [-0.25, -0.2) is 14.1 Å². The summed E-state index contributed by atoms with van der Waals surface area (Å²) >= 11 is 6.90. The Bertz CT molecular complexity index is 1370. The van der Waals surface area contributed by atoms with Crippen molar-refractivity contribution in [1.29, 1.82) is 0 Å². The first-order valence-corrected chi connectivity index (χ1v) is 12.4. The number of hydrogen-bond acceptors (Lipinski definition) is 4. The molecule has 1 fully saturated rings. The minimum absolute atomic E-state index is 0.0376. The van der Waals surface area contributed by atoms with E-state index < -0.39 is 24.4 Å². The van der Waals surface area contributed by atoms with Crippen molar-refractivity contribution in [3.05, 3.63) is 97.8 Å². The van der Waals surface area contributed by atoms with Crippen molar-refractivity contribution in [2.24, 2.45) is 0 Å². The van der Waals surface area contributed by atoms with E-state index in [1.54, 1.807) is 42.5 Å². The summed E-state index contributed by atoms with van der Waals surface area (Å²) in [5.41, 5.74) is 2.86. The van der Waals surface area contributed by atoms with Gasteiger partial charge in [0, 0.05) is 5.69 Å². The van der Waals surface area contributed by atoms with Crippen molar-refractivity contribution >= 4 is 61.5 Å². The lowest BCUT2D eigenvalue weighted by atomic mass is 10.2. The van der Waals surface area contributed by atoms with Gasteiger partial charge in [-0.1, -0.05) is 24.3 Å². The molecule has 4 amide bonds. The Hall–Kier alpha value is -3.50. The van der Waals surface area contributed by atoms with Crippen molar-refractivity contribution in [2.45, 2.75) is 13.5 Å². The highest BCUT2D eigenvalue weighted by molar-refractivity contribution is 9.11. The summed E-state index contributed by atoms with van der Waals surface area (Å²) in [5.74, 6) is -0.951. The van der Waals surface area contributed by atoms with Crippen molar-refractivity contribution in [1.82, 2.24) is 10.2 Å². The maximum atomic E-state index is 13.4. The molecule has 0 spiro atoms. The molecule has 184 valence electrons. The number of amides is 4. The Kier molecular flexibility index (Phi) is 7.85. The number of nitrogens with zero attached hydrogens (tertiary/aromatic N) is 1. The van der Waals surface area contributed by atoms with Gasteiger partial charge in [0.1, 0.15) is 30.4 Å². The summed E-state index contributed by atoms with van der Waals surface area (Å²) in [5, 5.41) is 5.19. The Labute approximate surface area is 223 Å². The molecule has 3 aromatic rings. The highest BCUT2D eigenvalue weighted by Gasteiger charge is 2.35. The lowest BCUT2D eigenvalue weighted by Crippen LogP contribution is -2.38. The lowest BCUT2D eigenvalue weighted by Gasteiger charge is -2.12. The van der Waals surface area contributed by atoms with E-state index in [1.807, 2.05) is 13.0 Å². The molecule has 36 heavy (non-hydrogen) atoms. The Morgan fingerprint density at radius 3 is 2.50 bits per heavy atom. The van der Waals surface area contributed by atoms with Crippen LogP contribution in [-0.2, 0) is 16.2 Å². The van der Waals surface area contributed by atoms with Crippen LogP contribution in [0.2, 0.25) is 0 Å². The van der Waals surface area contributed by atoms with Crippen LogP contribution >= 0.6 is 31.9 Å². The van der Waals surface area contributed by atoms with E-state index in [0.717, 1.165) is 10.5 Å². The lowest BCUT2D eigenvalue weighted by molar-refractivity contribution is -0.127. The highest BCUT2D eigenvalue weighted by atomic mass is 79.9. The zero-order valence-corrected chi connectivity index (χ0v) is 22.2. The summed E-state index contributed by atoms with van der Waals surface area (Å²) in [6.45, 7) is 1.63. The van der Waals surface area contributed by atoms with Gasteiger partial charge in [0.15, 0.2) is 0 Å². The summed E-state index contributed by atoms with van der Waals surface area (Å²) in [7, 11) is 0. The summed E-state index contributed by atoms with van der Waals surface area (Å²) in [6.07, 6.45) is 1.50. The number of aryl methyl sites for hydroxylation is 1. The molecule has 1 aliphatic heterocycles. The highest BCUT2D eigenvalue weighted by Crippen LogP contribution is 2.36. The molecular formula is C26H20Br2FN3O4. The molecule has 0 aromatic heterocycles. The normalized spacial score (nSPS) is 14.2.